The van der Waals surface area contributed by atoms with Gasteiger partial charge in [0.05, 0.1) is 0 Å². The fourth-order valence-electron chi connectivity index (χ4n) is 3.82. The fraction of sp³-hybridized carbons (Fsp3) is 0.647. The molecule has 0 aromatic carbocycles. The Hall–Kier alpha value is -2.56. The predicted molar refractivity (Wildman–Crippen MR) is 92.2 cm³/mol. The molecule has 8 nitrogen and oxygen atoms in total. The Kier molecular flexibility index (Phi) is 4.66. The molecule has 1 unspecified atom stereocenters. The van der Waals surface area contributed by atoms with Gasteiger partial charge in [0, 0.05) is 39.1 Å². The molecule has 1 N–H and O–H groups in total. The molecule has 25 heavy (non-hydrogen) atoms. The lowest BCUT2D eigenvalue weighted by Crippen LogP contribution is -2.41. The van der Waals surface area contributed by atoms with Crippen LogP contribution in [0.5, 0.6) is 0 Å². The molecule has 0 bridgehead atoms. The van der Waals surface area contributed by atoms with Crippen molar-refractivity contribution in [3.63, 3.8) is 0 Å². The molecule has 2 aliphatic rings. The first-order chi connectivity index (χ1) is 11.9. The molecule has 8 heteroatoms. The van der Waals surface area contributed by atoms with Crippen LogP contribution in [-0.4, -0.2) is 39.1 Å². The van der Waals surface area contributed by atoms with Gasteiger partial charge in [0.2, 0.25) is 5.91 Å². The van der Waals surface area contributed by atoms with Gasteiger partial charge in [-0.2, -0.15) is 5.26 Å². The first-order valence-electron chi connectivity index (χ1n) is 8.69. The van der Waals surface area contributed by atoms with E-state index in [0.717, 1.165) is 36.7 Å². The lowest BCUT2D eigenvalue weighted by molar-refractivity contribution is -0.134. The van der Waals surface area contributed by atoms with Crippen molar-refractivity contribution in [2.75, 3.05) is 18.4 Å². The highest BCUT2D eigenvalue weighted by Gasteiger charge is 2.33. The summed E-state index contributed by atoms with van der Waals surface area (Å²) in [6.07, 6.45) is 4.90. The van der Waals surface area contributed by atoms with Crippen LogP contribution in [0, 0.1) is 17.2 Å². The number of nitrogens with one attached hydrogen (secondary N) is 1. The number of hydrogen-bond acceptors (Lipinski definition) is 5. The van der Waals surface area contributed by atoms with Crippen LogP contribution in [0.2, 0.25) is 0 Å². The molecule has 1 aromatic rings. The number of amides is 1. The highest BCUT2D eigenvalue weighted by molar-refractivity contribution is 5.79. The first kappa shape index (κ1) is 17.3. The number of hydrogen-bond donors (Lipinski definition) is 1. The van der Waals surface area contributed by atoms with Gasteiger partial charge in [-0.05, 0) is 19.3 Å². The summed E-state index contributed by atoms with van der Waals surface area (Å²) < 4.78 is 2.20. The number of likely N-dealkylation sites (tertiary alicyclic amines) is 1. The molecule has 134 valence electrons. The van der Waals surface area contributed by atoms with Gasteiger partial charge in [0.15, 0.2) is 5.56 Å². The van der Waals surface area contributed by atoms with Crippen molar-refractivity contribution < 1.29 is 4.79 Å². The van der Waals surface area contributed by atoms with Gasteiger partial charge in [0.25, 0.3) is 5.56 Å². The second-order valence-corrected chi connectivity index (χ2v) is 6.94. The van der Waals surface area contributed by atoms with E-state index in [4.69, 9.17) is 0 Å². The molecule has 0 radical (unpaired) electrons. The van der Waals surface area contributed by atoms with Crippen LogP contribution in [0.4, 0.5) is 5.82 Å². The van der Waals surface area contributed by atoms with Gasteiger partial charge in [-0.25, -0.2) is 4.79 Å². The summed E-state index contributed by atoms with van der Waals surface area (Å²) in [5, 5.41) is 12.5. The van der Waals surface area contributed by atoms with Crippen LogP contribution in [0.25, 0.3) is 0 Å². The zero-order chi connectivity index (χ0) is 18.1. The monoisotopic (exact) mass is 345 g/mol. The van der Waals surface area contributed by atoms with Crippen molar-refractivity contribution in [3.8, 4) is 6.07 Å². The Morgan fingerprint density at radius 2 is 1.84 bits per heavy atom. The van der Waals surface area contributed by atoms with Gasteiger partial charge in [-0.3, -0.25) is 18.7 Å². The van der Waals surface area contributed by atoms with Crippen LogP contribution in [0.15, 0.2) is 9.59 Å². The van der Waals surface area contributed by atoms with Crippen LogP contribution in [0.1, 0.15) is 37.7 Å². The van der Waals surface area contributed by atoms with E-state index in [1.807, 2.05) is 11.0 Å². The van der Waals surface area contributed by atoms with E-state index in [-0.39, 0.29) is 29.2 Å². The van der Waals surface area contributed by atoms with E-state index in [1.165, 1.54) is 18.7 Å². The molecule has 1 amide bonds. The summed E-state index contributed by atoms with van der Waals surface area (Å²) in [5.74, 6) is 0.581. The van der Waals surface area contributed by atoms with Gasteiger partial charge in [-0.15, -0.1) is 0 Å². The SMILES string of the molecule is Cn1c(NC2CCN(C(=O)C3CCCC3)C2)c(C#N)c(=O)n(C)c1=O. The minimum Gasteiger partial charge on any atom is -0.366 e. The normalized spacial score (nSPS) is 20.7. The van der Waals surface area contributed by atoms with Crippen LogP contribution in [-0.2, 0) is 18.9 Å². The zero-order valence-corrected chi connectivity index (χ0v) is 14.6. The Morgan fingerprint density at radius 1 is 1.16 bits per heavy atom. The van der Waals surface area contributed by atoms with Gasteiger partial charge >= 0.3 is 5.69 Å². The molecular weight excluding hydrogens is 322 g/mol. The summed E-state index contributed by atoms with van der Waals surface area (Å²) in [6.45, 7) is 1.19. The van der Waals surface area contributed by atoms with E-state index >= 15 is 0 Å². The molecule has 2 heterocycles. The number of carbonyl (C=O) groups excluding carboxylic acids is 1. The van der Waals surface area contributed by atoms with Crippen molar-refractivity contribution in [2.45, 2.75) is 38.1 Å². The molecule has 1 aliphatic heterocycles. The van der Waals surface area contributed by atoms with E-state index < -0.39 is 11.2 Å². The van der Waals surface area contributed by atoms with E-state index in [9.17, 15) is 19.6 Å². The maximum Gasteiger partial charge on any atom is 0.332 e. The highest BCUT2D eigenvalue weighted by atomic mass is 16.2. The molecule has 1 atom stereocenters. The third kappa shape index (κ3) is 3.06. The van der Waals surface area contributed by atoms with Crippen molar-refractivity contribution in [1.29, 1.82) is 5.26 Å². The van der Waals surface area contributed by atoms with Crippen LogP contribution < -0.4 is 16.6 Å². The molecule has 1 aliphatic carbocycles. The number of nitrogens with zero attached hydrogens (tertiary/aromatic N) is 4. The topological polar surface area (TPSA) is 100 Å². The smallest absolute Gasteiger partial charge is 0.332 e. The van der Waals surface area contributed by atoms with Crippen molar-refractivity contribution in [1.82, 2.24) is 14.0 Å². The zero-order valence-electron chi connectivity index (χ0n) is 14.6. The Labute approximate surface area is 145 Å². The Bertz CT molecular complexity index is 842. The average Bonchev–Trinajstić information content (AvgIpc) is 3.29. The third-order valence-corrected chi connectivity index (χ3v) is 5.32. The van der Waals surface area contributed by atoms with E-state index in [2.05, 4.69) is 5.32 Å². The molecule has 1 saturated heterocycles. The average molecular weight is 345 g/mol. The van der Waals surface area contributed by atoms with E-state index in [1.54, 1.807) is 0 Å². The van der Waals surface area contributed by atoms with E-state index in [0.29, 0.717) is 13.1 Å². The maximum absolute atomic E-state index is 12.5. The van der Waals surface area contributed by atoms with Gasteiger partial charge < -0.3 is 10.2 Å². The third-order valence-electron chi connectivity index (χ3n) is 5.32. The highest BCUT2D eigenvalue weighted by Crippen LogP contribution is 2.28. The Morgan fingerprint density at radius 3 is 2.48 bits per heavy atom. The summed E-state index contributed by atoms with van der Waals surface area (Å²) in [7, 11) is 2.88. The lowest BCUT2D eigenvalue weighted by Gasteiger charge is -2.22. The van der Waals surface area contributed by atoms with Crippen molar-refractivity contribution >= 4 is 11.7 Å². The number of nitriles is 1. The molecule has 1 saturated carbocycles. The van der Waals surface area contributed by atoms with Crippen LogP contribution in [0.3, 0.4) is 0 Å². The summed E-state index contributed by atoms with van der Waals surface area (Å²) in [5.41, 5.74) is -1.17. The summed E-state index contributed by atoms with van der Waals surface area (Å²) in [6, 6.07) is 1.82. The maximum atomic E-state index is 12.5. The number of carbonyl (C=O) groups is 1. The van der Waals surface area contributed by atoms with Gasteiger partial charge in [-0.1, -0.05) is 12.8 Å². The standard InChI is InChI=1S/C17H23N5O3/c1-20-14(13(9-18)16(24)21(2)17(20)25)19-12-7-8-22(10-12)15(23)11-5-3-4-6-11/h11-12,19H,3-8,10H2,1-2H3. The van der Waals surface area contributed by atoms with Gasteiger partial charge in [0.1, 0.15) is 11.9 Å². The fourth-order valence-corrected chi connectivity index (χ4v) is 3.82. The minimum atomic E-state index is -0.606. The second kappa shape index (κ2) is 6.75. The Balaban J connectivity index is 1.78. The number of aromatic nitrogens is 2. The minimum absolute atomic E-state index is 0.0739. The van der Waals surface area contributed by atoms with Crippen molar-refractivity contribution in [3.05, 3.63) is 26.4 Å². The summed E-state index contributed by atoms with van der Waals surface area (Å²) >= 11 is 0. The summed E-state index contributed by atoms with van der Waals surface area (Å²) in [4.78, 5) is 38.6. The molecular formula is C17H23N5O3. The molecule has 0 spiro atoms. The van der Waals surface area contributed by atoms with Crippen molar-refractivity contribution in [2.24, 2.45) is 20.0 Å². The van der Waals surface area contributed by atoms with Crippen LogP contribution >= 0.6 is 0 Å². The predicted octanol–water partition coefficient (Wildman–Crippen LogP) is 0.159. The lowest BCUT2D eigenvalue weighted by atomic mass is 10.1. The molecule has 1 aromatic heterocycles. The first-order valence-corrected chi connectivity index (χ1v) is 8.69. The largest absolute Gasteiger partial charge is 0.366 e. The number of anilines is 1. The number of rotatable bonds is 3. The molecule has 3 rings (SSSR count). The molecule has 2 fully saturated rings. The quantitative estimate of drug-likeness (QED) is 0.841. The second-order valence-electron chi connectivity index (χ2n) is 6.94.